The van der Waals surface area contributed by atoms with E-state index in [0.717, 1.165) is 55.7 Å². The summed E-state index contributed by atoms with van der Waals surface area (Å²) in [6, 6.07) is 59.1. The Kier molecular flexibility index (Phi) is 7.96. The van der Waals surface area contributed by atoms with Gasteiger partial charge in [-0.15, -0.1) is 0 Å². The molecule has 0 bridgehead atoms. The summed E-state index contributed by atoms with van der Waals surface area (Å²) in [5.41, 5.74) is 23.4. The molecule has 0 amide bonds. The van der Waals surface area contributed by atoms with Gasteiger partial charge >= 0.3 is 6.85 Å². The number of rotatable bonds is 3. The third-order valence-electron chi connectivity index (χ3n) is 15.0. The summed E-state index contributed by atoms with van der Waals surface area (Å²) >= 11 is 0. The summed E-state index contributed by atoms with van der Waals surface area (Å²) in [4.78, 5) is 5.20. The summed E-state index contributed by atoms with van der Waals surface area (Å²) in [6.07, 6.45) is 1.83. The predicted octanol–water partition coefficient (Wildman–Crippen LogP) is 15.6. The molecule has 0 spiro atoms. The van der Waals surface area contributed by atoms with Crippen LogP contribution >= 0.6 is 0 Å². The predicted molar refractivity (Wildman–Crippen MR) is 278 cm³/mol. The lowest BCUT2D eigenvalue weighted by Crippen LogP contribution is -2.62. The van der Waals surface area contributed by atoms with E-state index < -0.39 is 0 Å². The number of anilines is 5. The Bertz CT molecular complexity index is 3650. The number of nitrogens with zero attached hydrogens (tertiary/aromatic N) is 2. The van der Waals surface area contributed by atoms with E-state index >= 15 is 0 Å². The van der Waals surface area contributed by atoms with Crippen molar-refractivity contribution >= 4 is 79.1 Å². The van der Waals surface area contributed by atoms with Crippen molar-refractivity contribution in [1.82, 2.24) is 0 Å². The fourth-order valence-electron chi connectivity index (χ4n) is 11.7. The van der Waals surface area contributed by atoms with Gasteiger partial charge in [-0.1, -0.05) is 146 Å². The number of fused-ring (bicyclic) bond motifs is 12. The van der Waals surface area contributed by atoms with Crippen LogP contribution in [0.1, 0.15) is 77.6 Å². The van der Waals surface area contributed by atoms with E-state index in [4.69, 9.17) is 8.83 Å². The largest absolute Gasteiger partial charge is 0.464 e. The second kappa shape index (κ2) is 13.4. The molecule has 3 aliphatic rings. The van der Waals surface area contributed by atoms with Gasteiger partial charge in [0.05, 0.1) is 12.0 Å². The first-order valence-electron chi connectivity index (χ1n) is 23.4. The Balaban J connectivity index is 1.22. The second-order valence-corrected chi connectivity index (χ2v) is 21.4. The molecule has 2 aliphatic heterocycles. The maximum Gasteiger partial charge on any atom is 0.333 e. The van der Waals surface area contributed by atoms with E-state index in [1.807, 2.05) is 6.26 Å². The highest BCUT2D eigenvalue weighted by molar-refractivity contribution is 6.94. The summed E-state index contributed by atoms with van der Waals surface area (Å²) in [6.45, 7) is 18.4. The first-order chi connectivity index (χ1) is 31.8. The Morgan fingerprint density at radius 1 is 0.515 bits per heavy atom. The van der Waals surface area contributed by atoms with E-state index in [1.54, 1.807) is 0 Å². The minimum atomic E-state index is -0.290. The van der Waals surface area contributed by atoms with E-state index in [0.29, 0.717) is 0 Å². The Morgan fingerprint density at radius 2 is 1.24 bits per heavy atom. The highest BCUT2D eigenvalue weighted by Gasteiger charge is 2.50. The van der Waals surface area contributed by atoms with Gasteiger partial charge in [-0.25, -0.2) is 0 Å². The van der Waals surface area contributed by atoms with Crippen LogP contribution in [-0.4, -0.2) is 6.85 Å². The van der Waals surface area contributed by atoms with Crippen LogP contribution in [0.15, 0.2) is 173 Å². The quantitative estimate of drug-likeness (QED) is 0.166. The van der Waals surface area contributed by atoms with Crippen molar-refractivity contribution in [2.75, 3.05) is 9.71 Å². The van der Waals surface area contributed by atoms with Crippen LogP contribution in [0.5, 0.6) is 0 Å². The van der Waals surface area contributed by atoms with Crippen LogP contribution in [0.4, 0.5) is 28.4 Å². The smallest absolute Gasteiger partial charge is 0.333 e. The monoisotopic (exact) mass is 854 g/mol. The topological polar surface area (TPSA) is 32.8 Å². The van der Waals surface area contributed by atoms with Gasteiger partial charge in [0.25, 0.3) is 0 Å². The van der Waals surface area contributed by atoms with Crippen LogP contribution in [0, 0.1) is 0 Å². The zero-order valence-electron chi connectivity index (χ0n) is 38.9. The molecule has 0 radical (unpaired) electrons. The molecule has 0 unspecified atom stereocenters. The lowest BCUT2D eigenvalue weighted by molar-refractivity contribution is 0.590. The van der Waals surface area contributed by atoms with Crippen molar-refractivity contribution < 1.29 is 8.83 Å². The lowest BCUT2D eigenvalue weighted by atomic mass is 9.42. The molecule has 0 saturated carbocycles. The average molecular weight is 855 g/mol. The molecule has 0 saturated heterocycles. The van der Waals surface area contributed by atoms with Gasteiger partial charge in [0, 0.05) is 61.5 Å². The number of hydrogen-bond donors (Lipinski definition) is 0. The van der Waals surface area contributed by atoms with E-state index in [-0.39, 0.29) is 23.1 Å². The molecule has 5 heteroatoms. The summed E-state index contributed by atoms with van der Waals surface area (Å²) in [5, 5.41) is 3.32. The molecular weight excluding hydrogens is 803 g/mol. The van der Waals surface area contributed by atoms with Gasteiger partial charge in [0.1, 0.15) is 16.7 Å². The van der Waals surface area contributed by atoms with Crippen molar-refractivity contribution in [2.24, 2.45) is 0 Å². The fraction of sp³-hybridized carbons (Fsp3) is 0.180. The number of para-hydroxylation sites is 1. The van der Waals surface area contributed by atoms with Crippen molar-refractivity contribution in [3.8, 4) is 33.4 Å². The van der Waals surface area contributed by atoms with Crippen molar-refractivity contribution in [3.05, 3.63) is 186 Å². The van der Waals surface area contributed by atoms with Gasteiger partial charge in [0.15, 0.2) is 0 Å². The van der Waals surface area contributed by atoms with Crippen LogP contribution in [0.25, 0.3) is 66.3 Å². The highest BCUT2D eigenvalue weighted by Crippen LogP contribution is 2.59. The first-order valence-corrected chi connectivity index (χ1v) is 23.4. The number of furan rings is 2. The van der Waals surface area contributed by atoms with Crippen LogP contribution < -0.4 is 20.6 Å². The third-order valence-corrected chi connectivity index (χ3v) is 15.0. The van der Waals surface area contributed by atoms with Crippen molar-refractivity contribution in [3.63, 3.8) is 0 Å². The summed E-state index contributed by atoms with van der Waals surface area (Å²) in [7, 11) is 0. The molecule has 1 aliphatic carbocycles. The zero-order valence-corrected chi connectivity index (χ0v) is 38.9. The highest BCUT2D eigenvalue weighted by atomic mass is 16.3. The molecule has 0 N–H and O–H groups in total. The molecular formula is C61H51BN2O2. The van der Waals surface area contributed by atoms with E-state index in [2.05, 4.69) is 223 Å². The maximum absolute atomic E-state index is 6.78. The maximum atomic E-state index is 6.78. The third kappa shape index (κ3) is 5.46. The molecule has 4 nitrogen and oxygen atoms in total. The minimum absolute atomic E-state index is 0.00151. The summed E-state index contributed by atoms with van der Waals surface area (Å²) < 4.78 is 13.1. The van der Waals surface area contributed by atoms with Crippen molar-refractivity contribution in [1.29, 1.82) is 0 Å². The molecule has 2 aromatic heterocycles. The molecule has 66 heavy (non-hydrogen) atoms. The molecule has 0 atom stereocenters. The Hall–Kier alpha value is -7.24. The summed E-state index contributed by atoms with van der Waals surface area (Å²) in [5.74, 6) is 0. The molecule has 4 heterocycles. The average Bonchev–Trinajstić information content (AvgIpc) is 3.99. The normalized spacial score (nSPS) is 14.7. The van der Waals surface area contributed by atoms with Gasteiger partial charge in [0.2, 0.25) is 0 Å². The standard InChI is InChI=1S/C61H51BN2O2/c1-59(2,3)38-22-25-40(26-23-38)64-50-35-55-44(42-19-13-15-21-53(42)66-55)32-46(50)56-57-45(41-18-12-14-20-47(41)61(57,7)8)33-52-58(56)62(64)48-34-54-37(28-29-65-54)30-51(48)63(52)49-27-24-39(60(4,5)6)31-43(49)36-16-10-9-11-17-36/h9-35H,1-8H3. The first kappa shape index (κ1) is 39.2. The number of benzene rings is 8. The Labute approximate surface area is 387 Å². The molecule has 13 rings (SSSR count). The SMILES string of the molecule is CC(C)(C)c1ccc(N2B3c4cc5occc5cc4N(c4ccc(C(C)(C)C)cc4-c4ccccc4)c4cc5c(c(c43)-c3cc4c(cc32)oc2ccccc24)C(C)(C)c2ccccc2-5)cc1. The fourth-order valence-corrected chi connectivity index (χ4v) is 11.7. The Morgan fingerprint density at radius 3 is 2.03 bits per heavy atom. The minimum Gasteiger partial charge on any atom is -0.464 e. The van der Waals surface area contributed by atoms with Crippen LogP contribution in [0.2, 0.25) is 0 Å². The molecule has 320 valence electrons. The number of hydrogen-bond acceptors (Lipinski definition) is 4. The van der Waals surface area contributed by atoms with Crippen molar-refractivity contribution in [2.45, 2.75) is 71.6 Å². The molecule has 10 aromatic rings. The second-order valence-electron chi connectivity index (χ2n) is 21.4. The van der Waals surface area contributed by atoms with Crippen LogP contribution in [0.3, 0.4) is 0 Å². The van der Waals surface area contributed by atoms with Gasteiger partial charge in [-0.3, -0.25) is 0 Å². The van der Waals surface area contributed by atoms with Gasteiger partial charge < -0.3 is 18.5 Å². The van der Waals surface area contributed by atoms with E-state index in [1.165, 1.54) is 72.2 Å². The lowest BCUT2D eigenvalue weighted by Gasteiger charge is -2.47. The van der Waals surface area contributed by atoms with Crippen LogP contribution in [-0.2, 0) is 16.2 Å². The molecule has 8 aromatic carbocycles. The zero-order chi connectivity index (χ0) is 45.0. The molecule has 0 fully saturated rings. The van der Waals surface area contributed by atoms with Gasteiger partial charge in [-0.05, 0) is 127 Å². The van der Waals surface area contributed by atoms with Gasteiger partial charge in [-0.2, -0.15) is 0 Å². The van der Waals surface area contributed by atoms with E-state index in [9.17, 15) is 0 Å².